The highest BCUT2D eigenvalue weighted by molar-refractivity contribution is 6.05. The molecule has 1 unspecified atom stereocenters. The third-order valence-corrected chi connectivity index (χ3v) is 4.20. The van der Waals surface area contributed by atoms with E-state index in [-0.39, 0.29) is 17.9 Å². The number of amides is 2. The summed E-state index contributed by atoms with van der Waals surface area (Å²) in [6.07, 6.45) is 2.15. The van der Waals surface area contributed by atoms with Gasteiger partial charge in [0.2, 0.25) is 0 Å². The molecule has 2 aromatic rings. The van der Waals surface area contributed by atoms with Gasteiger partial charge in [-0.3, -0.25) is 9.59 Å². The number of hydrogen-bond donors (Lipinski definition) is 2. The van der Waals surface area contributed by atoms with Gasteiger partial charge in [-0.15, -0.1) is 0 Å². The van der Waals surface area contributed by atoms with Gasteiger partial charge in [0.25, 0.3) is 11.8 Å². The molecule has 0 radical (unpaired) electrons. The lowest BCUT2D eigenvalue weighted by Gasteiger charge is -2.11. The fourth-order valence-electron chi connectivity index (χ4n) is 2.81. The third-order valence-electron chi connectivity index (χ3n) is 4.20. The zero-order chi connectivity index (χ0) is 17.6. The molecule has 0 bridgehead atoms. The van der Waals surface area contributed by atoms with E-state index >= 15 is 0 Å². The Bertz CT molecular complexity index is 750. The maximum absolute atomic E-state index is 12.3. The van der Waals surface area contributed by atoms with Crippen molar-refractivity contribution in [1.82, 2.24) is 5.32 Å². The van der Waals surface area contributed by atoms with Gasteiger partial charge in [-0.1, -0.05) is 12.1 Å². The number of carbonyl (C=O) groups is 2. The maximum Gasteiger partial charge on any atom is 0.255 e. The summed E-state index contributed by atoms with van der Waals surface area (Å²) >= 11 is 0. The monoisotopic (exact) mass is 338 g/mol. The summed E-state index contributed by atoms with van der Waals surface area (Å²) < 4.78 is 5.49. The second kappa shape index (κ2) is 7.94. The van der Waals surface area contributed by atoms with Gasteiger partial charge in [0.1, 0.15) is 0 Å². The SMILES string of the molecule is Cc1cccc(NC(=O)c2ccc(C(=O)NCC3CCCO3)cc2)c1. The number of carbonyl (C=O) groups excluding carboxylic acids is 2. The van der Waals surface area contributed by atoms with Crippen LogP contribution in [0.3, 0.4) is 0 Å². The zero-order valence-electron chi connectivity index (χ0n) is 14.2. The van der Waals surface area contributed by atoms with E-state index in [1.165, 1.54) is 0 Å². The van der Waals surface area contributed by atoms with Crippen LogP contribution >= 0.6 is 0 Å². The summed E-state index contributed by atoms with van der Waals surface area (Å²) in [4.78, 5) is 24.4. The largest absolute Gasteiger partial charge is 0.376 e. The molecule has 5 heteroatoms. The summed E-state index contributed by atoms with van der Waals surface area (Å²) in [5, 5.41) is 5.73. The van der Waals surface area contributed by atoms with Crippen LogP contribution in [-0.2, 0) is 4.74 Å². The van der Waals surface area contributed by atoms with Gasteiger partial charge in [0.15, 0.2) is 0 Å². The summed E-state index contributed by atoms with van der Waals surface area (Å²) in [5.74, 6) is -0.349. The van der Waals surface area contributed by atoms with Crippen LogP contribution in [0, 0.1) is 6.92 Å². The standard InChI is InChI=1S/C20H22N2O3/c1-14-4-2-5-17(12-14)22-20(24)16-9-7-15(8-10-16)19(23)21-13-18-6-3-11-25-18/h2,4-5,7-10,12,18H,3,6,11,13H2,1H3,(H,21,23)(H,22,24). The van der Waals surface area contributed by atoms with E-state index < -0.39 is 0 Å². The number of hydrogen-bond acceptors (Lipinski definition) is 3. The lowest BCUT2D eigenvalue weighted by Crippen LogP contribution is -2.31. The van der Waals surface area contributed by atoms with Crippen LogP contribution < -0.4 is 10.6 Å². The first-order valence-electron chi connectivity index (χ1n) is 8.50. The van der Waals surface area contributed by atoms with Crippen molar-refractivity contribution in [2.75, 3.05) is 18.5 Å². The van der Waals surface area contributed by atoms with Crippen molar-refractivity contribution in [3.8, 4) is 0 Å². The van der Waals surface area contributed by atoms with Gasteiger partial charge in [-0.2, -0.15) is 0 Å². The predicted octanol–water partition coefficient (Wildman–Crippen LogP) is 3.16. The molecule has 1 aliphatic heterocycles. The van der Waals surface area contributed by atoms with Crippen LogP contribution in [0.25, 0.3) is 0 Å². The van der Waals surface area contributed by atoms with Crippen LogP contribution in [0.1, 0.15) is 39.1 Å². The van der Waals surface area contributed by atoms with Crippen molar-refractivity contribution in [2.24, 2.45) is 0 Å². The Balaban J connectivity index is 1.57. The molecule has 1 saturated heterocycles. The molecule has 3 rings (SSSR count). The normalized spacial score (nSPS) is 16.4. The van der Waals surface area contributed by atoms with Gasteiger partial charge in [0, 0.05) is 30.0 Å². The third kappa shape index (κ3) is 4.67. The van der Waals surface area contributed by atoms with E-state index in [0.29, 0.717) is 17.7 Å². The Kier molecular flexibility index (Phi) is 5.46. The van der Waals surface area contributed by atoms with Gasteiger partial charge < -0.3 is 15.4 Å². The van der Waals surface area contributed by atoms with Crippen LogP contribution in [0.5, 0.6) is 0 Å². The number of aryl methyl sites for hydroxylation is 1. The number of benzene rings is 2. The molecule has 0 aromatic heterocycles. The molecule has 2 amide bonds. The molecule has 2 N–H and O–H groups in total. The van der Waals surface area contributed by atoms with Crippen molar-refractivity contribution in [1.29, 1.82) is 0 Å². The minimum absolute atomic E-state index is 0.114. The summed E-state index contributed by atoms with van der Waals surface area (Å²) in [7, 11) is 0. The van der Waals surface area contributed by atoms with E-state index in [1.807, 2.05) is 31.2 Å². The summed E-state index contributed by atoms with van der Waals surface area (Å²) in [6, 6.07) is 14.3. The molecule has 0 spiro atoms. The Morgan fingerprint density at radius 3 is 2.44 bits per heavy atom. The molecule has 1 fully saturated rings. The number of ether oxygens (including phenoxy) is 1. The fourth-order valence-corrected chi connectivity index (χ4v) is 2.81. The average Bonchev–Trinajstić information content (AvgIpc) is 3.13. The topological polar surface area (TPSA) is 67.4 Å². The summed E-state index contributed by atoms with van der Waals surface area (Å²) in [6.45, 7) is 3.26. The number of nitrogens with one attached hydrogen (secondary N) is 2. The molecule has 5 nitrogen and oxygen atoms in total. The Morgan fingerprint density at radius 1 is 1.08 bits per heavy atom. The first kappa shape index (κ1) is 17.2. The van der Waals surface area contributed by atoms with Crippen LogP contribution in [0.2, 0.25) is 0 Å². The minimum atomic E-state index is -0.197. The molecule has 25 heavy (non-hydrogen) atoms. The Hall–Kier alpha value is -2.66. The van der Waals surface area contributed by atoms with E-state index in [4.69, 9.17) is 4.74 Å². The predicted molar refractivity (Wildman–Crippen MR) is 96.9 cm³/mol. The molecule has 2 aromatic carbocycles. The molecule has 0 aliphatic carbocycles. The Morgan fingerprint density at radius 2 is 1.80 bits per heavy atom. The number of anilines is 1. The molecule has 0 saturated carbocycles. The minimum Gasteiger partial charge on any atom is -0.376 e. The van der Waals surface area contributed by atoms with Gasteiger partial charge in [-0.05, 0) is 61.7 Å². The second-order valence-electron chi connectivity index (χ2n) is 6.25. The van der Waals surface area contributed by atoms with E-state index in [0.717, 1.165) is 30.7 Å². The van der Waals surface area contributed by atoms with Crippen molar-refractivity contribution in [3.05, 3.63) is 65.2 Å². The quantitative estimate of drug-likeness (QED) is 0.880. The lowest BCUT2D eigenvalue weighted by atomic mass is 10.1. The van der Waals surface area contributed by atoms with E-state index in [1.54, 1.807) is 24.3 Å². The maximum atomic E-state index is 12.3. The van der Waals surface area contributed by atoms with Crippen LogP contribution in [-0.4, -0.2) is 31.1 Å². The first-order chi connectivity index (χ1) is 12.1. The molecular formula is C20H22N2O3. The highest BCUT2D eigenvalue weighted by Crippen LogP contribution is 2.13. The molecule has 1 atom stereocenters. The van der Waals surface area contributed by atoms with Gasteiger partial charge in [0.05, 0.1) is 6.10 Å². The van der Waals surface area contributed by atoms with Crippen molar-refractivity contribution in [2.45, 2.75) is 25.9 Å². The highest BCUT2D eigenvalue weighted by Gasteiger charge is 2.16. The van der Waals surface area contributed by atoms with E-state index in [9.17, 15) is 9.59 Å². The average molecular weight is 338 g/mol. The highest BCUT2D eigenvalue weighted by atomic mass is 16.5. The van der Waals surface area contributed by atoms with Gasteiger partial charge in [-0.25, -0.2) is 0 Å². The Labute approximate surface area is 147 Å². The van der Waals surface area contributed by atoms with Gasteiger partial charge >= 0.3 is 0 Å². The van der Waals surface area contributed by atoms with Crippen LogP contribution in [0.15, 0.2) is 48.5 Å². The summed E-state index contributed by atoms with van der Waals surface area (Å²) in [5.41, 5.74) is 2.88. The lowest BCUT2D eigenvalue weighted by molar-refractivity contribution is 0.0857. The first-order valence-corrected chi connectivity index (χ1v) is 8.50. The molecular weight excluding hydrogens is 316 g/mol. The van der Waals surface area contributed by atoms with Crippen molar-refractivity contribution >= 4 is 17.5 Å². The molecule has 1 aliphatic rings. The zero-order valence-corrected chi connectivity index (χ0v) is 14.2. The van der Waals surface area contributed by atoms with Crippen molar-refractivity contribution in [3.63, 3.8) is 0 Å². The molecule has 1 heterocycles. The fraction of sp³-hybridized carbons (Fsp3) is 0.300. The van der Waals surface area contributed by atoms with Crippen molar-refractivity contribution < 1.29 is 14.3 Å². The smallest absolute Gasteiger partial charge is 0.255 e. The van der Waals surface area contributed by atoms with Crippen LogP contribution in [0.4, 0.5) is 5.69 Å². The number of rotatable bonds is 5. The van der Waals surface area contributed by atoms with E-state index in [2.05, 4.69) is 10.6 Å². The molecule has 130 valence electrons. The second-order valence-corrected chi connectivity index (χ2v) is 6.25.